The van der Waals surface area contributed by atoms with Crippen LogP contribution in [-0.2, 0) is 12.5 Å². The molecule has 0 saturated heterocycles. The molecular formula is C9H11F2NO. The first kappa shape index (κ1) is 9.92. The molecule has 0 radical (unpaired) electrons. The molecule has 0 aliphatic heterocycles. The van der Waals surface area contributed by atoms with Crippen LogP contribution in [0, 0.1) is 0 Å². The highest BCUT2D eigenvalue weighted by Gasteiger charge is 2.24. The van der Waals surface area contributed by atoms with Gasteiger partial charge in [-0.05, 0) is 18.2 Å². The van der Waals surface area contributed by atoms with Crippen molar-refractivity contribution in [2.75, 3.05) is 0 Å². The predicted octanol–water partition coefficient (Wildman–Crippen LogP) is 1.96. The lowest BCUT2D eigenvalue weighted by molar-refractivity contribution is 0.0173. The van der Waals surface area contributed by atoms with Crippen molar-refractivity contribution in [3.05, 3.63) is 29.3 Å². The standard InChI is InChI=1S/C9H11F2NO/c1-9(10,11)7-2-3-8(13)6(4-7)5-12/h2-4,13H,5,12H2,1H3. The van der Waals surface area contributed by atoms with Crippen LogP contribution in [0.15, 0.2) is 18.2 Å². The maximum Gasteiger partial charge on any atom is 0.270 e. The zero-order valence-corrected chi connectivity index (χ0v) is 7.22. The largest absolute Gasteiger partial charge is 0.508 e. The van der Waals surface area contributed by atoms with E-state index in [0.717, 1.165) is 6.92 Å². The van der Waals surface area contributed by atoms with Gasteiger partial charge in [0.05, 0.1) is 0 Å². The van der Waals surface area contributed by atoms with Gasteiger partial charge < -0.3 is 10.8 Å². The van der Waals surface area contributed by atoms with Crippen molar-refractivity contribution >= 4 is 0 Å². The van der Waals surface area contributed by atoms with Crippen LogP contribution in [-0.4, -0.2) is 5.11 Å². The van der Waals surface area contributed by atoms with Crippen LogP contribution >= 0.6 is 0 Å². The van der Waals surface area contributed by atoms with Crippen LogP contribution in [0.1, 0.15) is 18.1 Å². The molecule has 0 aliphatic rings. The van der Waals surface area contributed by atoms with E-state index in [2.05, 4.69) is 0 Å². The highest BCUT2D eigenvalue weighted by atomic mass is 19.3. The molecule has 1 aromatic carbocycles. The minimum atomic E-state index is -2.89. The Hall–Kier alpha value is -1.16. The molecule has 4 heteroatoms. The summed E-state index contributed by atoms with van der Waals surface area (Å²) in [6.07, 6.45) is 0. The first-order valence-electron chi connectivity index (χ1n) is 3.85. The van der Waals surface area contributed by atoms with Gasteiger partial charge in [-0.1, -0.05) is 0 Å². The lowest BCUT2D eigenvalue weighted by Gasteiger charge is -2.12. The number of hydrogen-bond acceptors (Lipinski definition) is 2. The first-order valence-corrected chi connectivity index (χ1v) is 3.85. The molecule has 3 N–H and O–H groups in total. The van der Waals surface area contributed by atoms with Gasteiger partial charge in [0.15, 0.2) is 0 Å². The summed E-state index contributed by atoms with van der Waals surface area (Å²) in [5, 5.41) is 9.18. The van der Waals surface area contributed by atoms with Crippen molar-refractivity contribution in [2.45, 2.75) is 19.4 Å². The van der Waals surface area contributed by atoms with E-state index < -0.39 is 5.92 Å². The number of benzene rings is 1. The van der Waals surface area contributed by atoms with Crippen LogP contribution in [0.5, 0.6) is 5.75 Å². The summed E-state index contributed by atoms with van der Waals surface area (Å²) in [5.74, 6) is -2.94. The Morgan fingerprint density at radius 3 is 2.54 bits per heavy atom. The molecule has 0 spiro atoms. The maximum absolute atomic E-state index is 12.8. The minimum absolute atomic E-state index is 0.0458. The van der Waals surface area contributed by atoms with Crippen LogP contribution in [0.25, 0.3) is 0 Å². The van der Waals surface area contributed by atoms with Gasteiger partial charge in [-0.25, -0.2) is 8.78 Å². The molecule has 1 aromatic rings. The third-order valence-electron chi connectivity index (χ3n) is 1.81. The average molecular weight is 187 g/mol. The van der Waals surface area contributed by atoms with Crippen molar-refractivity contribution in [1.29, 1.82) is 0 Å². The third-order valence-corrected chi connectivity index (χ3v) is 1.81. The van der Waals surface area contributed by atoms with Crippen molar-refractivity contribution in [3.8, 4) is 5.75 Å². The highest BCUT2D eigenvalue weighted by Crippen LogP contribution is 2.30. The molecule has 2 nitrogen and oxygen atoms in total. The summed E-state index contributed by atoms with van der Waals surface area (Å²) < 4.78 is 25.6. The van der Waals surface area contributed by atoms with Gasteiger partial charge in [0.25, 0.3) is 5.92 Å². The summed E-state index contributed by atoms with van der Waals surface area (Å²) in [4.78, 5) is 0. The monoisotopic (exact) mass is 187 g/mol. The summed E-state index contributed by atoms with van der Waals surface area (Å²) in [6, 6.07) is 3.64. The van der Waals surface area contributed by atoms with Gasteiger partial charge in [0.1, 0.15) is 5.75 Å². The fourth-order valence-electron chi connectivity index (χ4n) is 1.02. The minimum Gasteiger partial charge on any atom is -0.508 e. The van der Waals surface area contributed by atoms with Gasteiger partial charge in [-0.3, -0.25) is 0 Å². The number of hydrogen-bond donors (Lipinski definition) is 2. The topological polar surface area (TPSA) is 46.2 Å². The summed E-state index contributed by atoms with van der Waals surface area (Å²) in [7, 11) is 0. The second kappa shape index (κ2) is 3.30. The van der Waals surface area contributed by atoms with E-state index in [1.165, 1.54) is 18.2 Å². The molecule has 1 rings (SSSR count). The van der Waals surface area contributed by atoms with E-state index in [1.807, 2.05) is 0 Å². The fraction of sp³-hybridized carbons (Fsp3) is 0.333. The van der Waals surface area contributed by atoms with Gasteiger partial charge in [-0.15, -0.1) is 0 Å². The van der Waals surface area contributed by atoms with Gasteiger partial charge in [0.2, 0.25) is 0 Å². The SMILES string of the molecule is CC(F)(F)c1ccc(O)c(CN)c1. The third kappa shape index (κ3) is 2.15. The molecule has 0 aromatic heterocycles. The second-order valence-electron chi connectivity index (χ2n) is 2.94. The Morgan fingerprint density at radius 1 is 1.46 bits per heavy atom. The number of phenols is 1. The number of alkyl halides is 2. The average Bonchev–Trinajstić information content (AvgIpc) is 2.03. The van der Waals surface area contributed by atoms with E-state index in [9.17, 15) is 13.9 Å². The van der Waals surface area contributed by atoms with E-state index in [-0.39, 0.29) is 17.9 Å². The molecule has 0 atom stereocenters. The van der Waals surface area contributed by atoms with Crippen LogP contribution in [0.3, 0.4) is 0 Å². The Bertz CT molecular complexity index is 307. The van der Waals surface area contributed by atoms with Crippen LogP contribution in [0.4, 0.5) is 8.78 Å². The summed E-state index contributed by atoms with van der Waals surface area (Å²) in [6.45, 7) is 0.857. The highest BCUT2D eigenvalue weighted by molar-refractivity contribution is 5.37. The molecular weight excluding hydrogens is 176 g/mol. The molecule has 0 aliphatic carbocycles. The quantitative estimate of drug-likeness (QED) is 0.743. The Labute approximate surface area is 75.0 Å². The van der Waals surface area contributed by atoms with Gasteiger partial charge in [0, 0.05) is 24.6 Å². The van der Waals surface area contributed by atoms with Crippen LogP contribution < -0.4 is 5.73 Å². The van der Waals surface area contributed by atoms with E-state index >= 15 is 0 Å². The Morgan fingerprint density at radius 2 is 2.08 bits per heavy atom. The van der Waals surface area contributed by atoms with Gasteiger partial charge in [-0.2, -0.15) is 0 Å². The second-order valence-corrected chi connectivity index (χ2v) is 2.94. The zero-order valence-electron chi connectivity index (χ0n) is 7.22. The normalized spacial score (nSPS) is 11.7. The molecule has 0 unspecified atom stereocenters. The zero-order chi connectivity index (χ0) is 10.1. The fourth-order valence-corrected chi connectivity index (χ4v) is 1.02. The van der Waals surface area contributed by atoms with Crippen LogP contribution in [0.2, 0.25) is 0 Å². The lowest BCUT2D eigenvalue weighted by atomic mass is 10.1. The van der Waals surface area contributed by atoms with E-state index in [4.69, 9.17) is 5.73 Å². The molecule has 72 valence electrons. The summed E-state index contributed by atoms with van der Waals surface area (Å²) in [5.41, 5.74) is 5.46. The Kier molecular flexibility index (Phi) is 2.52. The molecule has 0 fully saturated rings. The molecule has 0 heterocycles. The number of nitrogens with two attached hydrogens (primary N) is 1. The number of aromatic hydroxyl groups is 1. The number of halogens is 2. The molecule has 13 heavy (non-hydrogen) atoms. The summed E-state index contributed by atoms with van der Waals surface area (Å²) >= 11 is 0. The van der Waals surface area contributed by atoms with E-state index in [0.29, 0.717) is 5.56 Å². The maximum atomic E-state index is 12.8. The lowest BCUT2D eigenvalue weighted by Crippen LogP contribution is -2.08. The van der Waals surface area contributed by atoms with Crippen molar-refractivity contribution in [1.82, 2.24) is 0 Å². The molecule has 0 amide bonds. The molecule has 0 saturated carbocycles. The van der Waals surface area contributed by atoms with E-state index in [1.54, 1.807) is 0 Å². The first-order chi connectivity index (χ1) is 5.95. The van der Waals surface area contributed by atoms with Gasteiger partial charge >= 0.3 is 0 Å². The predicted molar refractivity (Wildman–Crippen MR) is 45.6 cm³/mol. The number of phenolic OH excluding ortho intramolecular Hbond substituents is 1. The van der Waals surface area contributed by atoms with Crippen molar-refractivity contribution in [3.63, 3.8) is 0 Å². The smallest absolute Gasteiger partial charge is 0.270 e. The van der Waals surface area contributed by atoms with Crippen molar-refractivity contribution in [2.24, 2.45) is 5.73 Å². The number of rotatable bonds is 2. The molecule has 0 bridgehead atoms. The Balaban J connectivity index is 3.14. The van der Waals surface area contributed by atoms with Crippen molar-refractivity contribution < 1.29 is 13.9 Å².